The van der Waals surface area contributed by atoms with Crippen molar-refractivity contribution in [3.05, 3.63) is 57.0 Å². The van der Waals surface area contributed by atoms with Gasteiger partial charge in [0, 0.05) is 23.4 Å². The molecule has 0 saturated heterocycles. The van der Waals surface area contributed by atoms with Crippen LogP contribution in [0.5, 0.6) is 11.5 Å². The van der Waals surface area contributed by atoms with Crippen LogP contribution < -0.4 is 25.7 Å². The zero-order valence-corrected chi connectivity index (χ0v) is 14.5. The number of H-pyrrole nitrogens is 1. The number of ether oxygens (including phenoxy) is 2. The number of aromatic nitrogens is 1. The van der Waals surface area contributed by atoms with Crippen LogP contribution in [0.3, 0.4) is 0 Å². The Kier molecular flexibility index (Phi) is 4.92. The first kappa shape index (κ1) is 17.5. The lowest BCUT2D eigenvalue weighted by Gasteiger charge is -2.09. The van der Waals surface area contributed by atoms with Crippen molar-refractivity contribution in [1.29, 1.82) is 0 Å². The van der Waals surface area contributed by atoms with E-state index in [-0.39, 0.29) is 25.4 Å². The largest absolute Gasteiger partial charge is 0.454 e. The number of aromatic amines is 1. The van der Waals surface area contributed by atoms with Crippen molar-refractivity contribution >= 4 is 11.8 Å². The highest BCUT2D eigenvalue weighted by Crippen LogP contribution is 2.32. The van der Waals surface area contributed by atoms with Gasteiger partial charge in [-0.2, -0.15) is 0 Å². The standard InChI is InChI=1S/C18H19N3O5/c1-10-5-11(2)21-18(24)13(10)7-19-16(22)8-20-17(23)12-3-4-14-15(6-12)26-9-25-14/h3-6H,7-9H2,1-2H3,(H,19,22)(H,20,23)(H,21,24). The van der Waals surface area contributed by atoms with E-state index >= 15 is 0 Å². The molecule has 1 aliphatic rings. The summed E-state index contributed by atoms with van der Waals surface area (Å²) >= 11 is 0. The number of carbonyl (C=O) groups excluding carboxylic acids is 2. The van der Waals surface area contributed by atoms with Gasteiger partial charge in [0.1, 0.15) is 0 Å². The van der Waals surface area contributed by atoms with E-state index < -0.39 is 11.8 Å². The molecule has 8 heteroatoms. The van der Waals surface area contributed by atoms with Crippen LogP contribution >= 0.6 is 0 Å². The average molecular weight is 357 g/mol. The molecular weight excluding hydrogens is 338 g/mol. The Balaban J connectivity index is 1.53. The molecule has 8 nitrogen and oxygen atoms in total. The Morgan fingerprint density at radius 3 is 2.65 bits per heavy atom. The smallest absolute Gasteiger partial charge is 0.253 e. The van der Waals surface area contributed by atoms with Crippen LogP contribution in [0.25, 0.3) is 0 Å². The summed E-state index contributed by atoms with van der Waals surface area (Å²) in [4.78, 5) is 38.7. The first-order valence-electron chi connectivity index (χ1n) is 8.08. The fourth-order valence-corrected chi connectivity index (χ4v) is 2.65. The normalized spacial score (nSPS) is 11.9. The first-order chi connectivity index (χ1) is 12.4. The number of benzene rings is 1. The number of aryl methyl sites for hydroxylation is 2. The molecule has 0 fully saturated rings. The second-order valence-corrected chi connectivity index (χ2v) is 5.97. The van der Waals surface area contributed by atoms with Gasteiger partial charge in [-0.25, -0.2) is 0 Å². The second kappa shape index (κ2) is 7.30. The second-order valence-electron chi connectivity index (χ2n) is 5.97. The van der Waals surface area contributed by atoms with Crippen molar-refractivity contribution in [2.24, 2.45) is 0 Å². The van der Waals surface area contributed by atoms with E-state index in [2.05, 4.69) is 15.6 Å². The summed E-state index contributed by atoms with van der Waals surface area (Å²) in [6, 6.07) is 6.63. The Morgan fingerprint density at radius 1 is 1.12 bits per heavy atom. The molecule has 0 aliphatic carbocycles. The Labute approximate surface area is 149 Å². The van der Waals surface area contributed by atoms with Gasteiger partial charge in [0.25, 0.3) is 11.5 Å². The maximum atomic E-state index is 12.1. The molecule has 0 unspecified atom stereocenters. The zero-order valence-electron chi connectivity index (χ0n) is 14.5. The molecule has 2 aromatic rings. The number of fused-ring (bicyclic) bond motifs is 1. The molecule has 2 amide bonds. The van der Waals surface area contributed by atoms with E-state index in [1.165, 1.54) is 0 Å². The summed E-state index contributed by atoms with van der Waals surface area (Å²) < 4.78 is 10.4. The monoisotopic (exact) mass is 357 g/mol. The molecule has 1 aromatic carbocycles. The average Bonchev–Trinajstić information content (AvgIpc) is 3.06. The van der Waals surface area contributed by atoms with Gasteiger partial charge in [0.05, 0.1) is 6.54 Å². The molecule has 1 aromatic heterocycles. The minimum atomic E-state index is -0.400. The maximum absolute atomic E-state index is 12.1. The Morgan fingerprint density at radius 2 is 1.88 bits per heavy atom. The molecule has 0 saturated carbocycles. The fraction of sp³-hybridized carbons (Fsp3) is 0.278. The molecule has 0 radical (unpaired) electrons. The Hall–Kier alpha value is -3.29. The van der Waals surface area contributed by atoms with Gasteiger partial charge in [-0.05, 0) is 43.7 Å². The number of hydrogen-bond donors (Lipinski definition) is 3. The molecule has 0 spiro atoms. The van der Waals surface area contributed by atoms with Crippen LogP contribution in [0.2, 0.25) is 0 Å². The van der Waals surface area contributed by atoms with Crippen molar-refractivity contribution in [2.75, 3.05) is 13.3 Å². The lowest BCUT2D eigenvalue weighted by atomic mass is 10.1. The molecule has 1 aliphatic heterocycles. The number of carbonyl (C=O) groups is 2. The summed E-state index contributed by atoms with van der Waals surface area (Å²) in [5.74, 6) is 0.287. The number of pyridine rings is 1. The van der Waals surface area contributed by atoms with Crippen LogP contribution in [-0.2, 0) is 11.3 Å². The predicted octanol–water partition coefficient (Wildman–Crippen LogP) is 0.767. The van der Waals surface area contributed by atoms with Gasteiger partial charge in [0.15, 0.2) is 11.5 Å². The number of amides is 2. The summed E-state index contributed by atoms with van der Waals surface area (Å²) in [5.41, 5.74) is 2.20. The van der Waals surface area contributed by atoms with Crippen molar-refractivity contribution in [1.82, 2.24) is 15.6 Å². The van der Waals surface area contributed by atoms with Gasteiger partial charge >= 0.3 is 0 Å². The van der Waals surface area contributed by atoms with Crippen molar-refractivity contribution in [3.63, 3.8) is 0 Å². The third kappa shape index (κ3) is 3.85. The highest BCUT2D eigenvalue weighted by molar-refractivity contribution is 5.97. The highest BCUT2D eigenvalue weighted by Gasteiger charge is 2.16. The van der Waals surface area contributed by atoms with Crippen molar-refractivity contribution in [3.8, 4) is 11.5 Å². The first-order valence-corrected chi connectivity index (χ1v) is 8.08. The molecule has 3 N–H and O–H groups in total. The fourth-order valence-electron chi connectivity index (χ4n) is 2.65. The number of hydrogen-bond acceptors (Lipinski definition) is 5. The topological polar surface area (TPSA) is 110 Å². The van der Waals surface area contributed by atoms with Crippen LogP contribution in [-0.4, -0.2) is 30.1 Å². The SMILES string of the molecule is Cc1cc(C)c(CNC(=O)CNC(=O)c2ccc3c(c2)OCO3)c(=O)[nH]1. The van der Waals surface area contributed by atoms with Gasteiger partial charge < -0.3 is 25.1 Å². The summed E-state index contributed by atoms with van der Waals surface area (Å²) in [6.45, 7) is 3.63. The van der Waals surface area contributed by atoms with Gasteiger partial charge in [-0.3, -0.25) is 14.4 Å². The van der Waals surface area contributed by atoms with Gasteiger partial charge in [-0.1, -0.05) is 0 Å². The maximum Gasteiger partial charge on any atom is 0.253 e. The highest BCUT2D eigenvalue weighted by atomic mass is 16.7. The van der Waals surface area contributed by atoms with E-state index in [1.807, 2.05) is 13.0 Å². The third-order valence-electron chi connectivity index (χ3n) is 4.00. The van der Waals surface area contributed by atoms with Crippen LogP contribution in [0.15, 0.2) is 29.1 Å². The molecular formula is C18H19N3O5. The van der Waals surface area contributed by atoms with E-state index in [1.54, 1.807) is 25.1 Å². The van der Waals surface area contributed by atoms with Crippen LogP contribution in [0.4, 0.5) is 0 Å². The van der Waals surface area contributed by atoms with Gasteiger partial charge in [-0.15, -0.1) is 0 Å². The summed E-state index contributed by atoms with van der Waals surface area (Å²) in [5, 5.41) is 5.16. The van der Waals surface area contributed by atoms with Crippen LogP contribution in [0.1, 0.15) is 27.2 Å². The molecule has 3 rings (SSSR count). The lowest BCUT2D eigenvalue weighted by Crippen LogP contribution is -2.37. The molecule has 2 heterocycles. The van der Waals surface area contributed by atoms with Crippen molar-refractivity contribution in [2.45, 2.75) is 20.4 Å². The van der Waals surface area contributed by atoms with E-state index in [4.69, 9.17) is 9.47 Å². The minimum absolute atomic E-state index is 0.0974. The number of nitrogens with one attached hydrogen (secondary N) is 3. The van der Waals surface area contributed by atoms with Crippen molar-refractivity contribution < 1.29 is 19.1 Å². The molecule has 0 bridgehead atoms. The summed E-state index contributed by atoms with van der Waals surface area (Å²) in [6.07, 6.45) is 0. The van der Waals surface area contributed by atoms with Gasteiger partial charge in [0.2, 0.25) is 12.7 Å². The zero-order chi connectivity index (χ0) is 18.7. The minimum Gasteiger partial charge on any atom is -0.454 e. The third-order valence-corrected chi connectivity index (χ3v) is 4.00. The van der Waals surface area contributed by atoms with Crippen LogP contribution in [0, 0.1) is 13.8 Å². The Bertz CT molecular complexity index is 920. The summed E-state index contributed by atoms with van der Waals surface area (Å²) in [7, 11) is 0. The lowest BCUT2D eigenvalue weighted by molar-refractivity contribution is -0.120. The molecule has 136 valence electrons. The molecule has 26 heavy (non-hydrogen) atoms. The van der Waals surface area contributed by atoms with E-state index in [0.29, 0.717) is 22.6 Å². The van der Waals surface area contributed by atoms with E-state index in [9.17, 15) is 14.4 Å². The number of rotatable bonds is 5. The predicted molar refractivity (Wildman–Crippen MR) is 93.3 cm³/mol. The quantitative estimate of drug-likeness (QED) is 0.732. The van der Waals surface area contributed by atoms with E-state index in [0.717, 1.165) is 11.3 Å². The molecule has 0 atom stereocenters.